The smallest absolute Gasteiger partial charge is 0.142 e. The molecule has 0 radical (unpaired) electrons. The van der Waals surface area contributed by atoms with Crippen molar-refractivity contribution in [2.24, 2.45) is 0 Å². The second-order valence-electron chi connectivity index (χ2n) is 12.3. The van der Waals surface area contributed by atoms with Gasteiger partial charge in [-0.15, -0.1) is 5.54 Å². The first-order valence-corrected chi connectivity index (χ1v) is 19.3. The van der Waals surface area contributed by atoms with Gasteiger partial charge >= 0.3 is 0 Å². The van der Waals surface area contributed by atoms with E-state index in [2.05, 4.69) is 31.1 Å². The third kappa shape index (κ3) is 12.3. The number of aliphatic hydroxyl groups is 2. The van der Waals surface area contributed by atoms with E-state index in [0.717, 1.165) is 22.3 Å². The number of rotatable bonds is 17. The van der Waals surface area contributed by atoms with Crippen LogP contribution in [0.3, 0.4) is 0 Å². The Hall–Kier alpha value is -3.58. The van der Waals surface area contributed by atoms with Crippen LogP contribution < -0.4 is 0 Å². The fourth-order valence-electron chi connectivity index (χ4n) is 4.81. The van der Waals surface area contributed by atoms with Crippen molar-refractivity contribution in [3.8, 4) is 11.5 Å². The lowest BCUT2D eigenvalue weighted by Crippen LogP contribution is -2.53. The lowest BCUT2D eigenvalue weighted by molar-refractivity contribution is -0.200. The van der Waals surface area contributed by atoms with Crippen molar-refractivity contribution in [2.75, 3.05) is 6.61 Å². The first kappa shape index (κ1) is 35.3. The maximum absolute atomic E-state index is 11.7. The molecule has 0 spiro atoms. The number of ether oxygens (including phenoxy) is 4. The quantitative estimate of drug-likeness (QED) is 0.101. The van der Waals surface area contributed by atoms with Crippen LogP contribution in [0.25, 0.3) is 0 Å². The molecule has 0 aliphatic rings. The molecule has 5 atom stereocenters. The summed E-state index contributed by atoms with van der Waals surface area (Å²) in [7, 11) is -1.83. The highest BCUT2D eigenvalue weighted by molar-refractivity contribution is 6.83. The van der Waals surface area contributed by atoms with E-state index in [0.29, 0.717) is 6.61 Å². The summed E-state index contributed by atoms with van der Waals surface area (Å²) in [4.78, 5) is 0. The molecule has 6 nitrogen and oxygen atoms in total. The maximum atomic E-state index is 11.7. The van der Waals surface area contributed by atoms with E-state index >= 15 is 0 Å². The molecule has 0 amide bonds. The third-order valence-corrected chi connectivity index (χ3v) is 8.08. The Balaban J connectivity index is 1.67. The molecule has 0 saturated carbocycles. The lowest BCUT2D eigenvalue weighted by Gasteiger charge is -2.37. The van der Waals surface area contributed by atoms with Crippen LogP contribution in [0, 0.1) is 11.5 Å². The summed E-state index contributed by atoms with van der Waals surface area (Å²) in [6.45, 7) is 7.33. The van der Waals surface area contributed by atoms with Crippen molar-refractivity contribution in [3.63, 3.8) is 0 Å². The van der Waals surface area contributed by atoms with Gasteiger partial charge in [0.15, 0.2) is 0 Å². The molecule has 7 heteroatoms. The number of aliphatic hydroxyl groups excluding tert-OH is 2. The molecule has 46 heavy (non-hydrogen) atoms. The molecule has 242 valence electrons. The summed E-state index contributed by atoms with van der Waals surface area (Å²) in [5, 5.41) is 23.3. The summed E-state index contributed by atoms with van der Waals surface area (Å²) in [6.07, 6.45) is -5.08. The molecule has 0 aromatic heterocycles. The van der Waals surface area contributed by atoms with E-state index in [1.165, 1.54) is 0 Å². The minimum atomic E-state index is -1.83. The maximum Gasteiger partial charge on any atom is 0.142 e. The summed E-state index contributed by atoms with van der Waals surface area (Å²) >= 11 is 0. The van der Waals surface area contributed by atoms with E-state index in [9.17, 15) is 10.2 Å². The lowest BCUT2D eigenvalue weighted by atomic mass is 9.98. The van der Waals surface area contributed by atoms with E-state index < -0.39 is 38.6 Å². The largest absolute Gasteiger partial charge is 0.388 e. The van der Waals surface area contributed by atoms with Crippen LogP contribution in [0.2, 0.25) is 19.6 Å². The first-order chi connectivity index (χ1) is 22.3. The fourth-order valence-corrected chi connectivity index (χ4v) is 5.39. The molecule has 0 aliphatic carbocycles. The minimum absolute atomic E-state index is 0.0123. The van der Waals surface area contributed by atoms with Crippen LogP contribution in [-0.4, -0.2) is 55.4 Å². The van der Waals surface area contributed by atoms with Gasteiger partial charge in [0.25, 0.3) is 0 Å². The summed E-state index contributed by atoms with van der Waals surface area (Å²) in [5.74, 6) is 3.06. The second-order valence-corrected chi connectivity index (χ2v) is 17.1. The summed E-state index contributed by atoms with van der Waals surface area (Å²) in [5.41, 5.74) is 7.09. The molecule has 4 rings (SSSR count). The first-order valence-electron chi connectivity index (χ1n) is 15.8. The second kappa shape index (κ2) is 18.5. The normalized spacial score (nSPS) is 14.8. The van der Waals surface area contributed by atoms with E-state index in [-0.39, 0.29) is 26.4 Å². The molecule has 4 aromatic rings. The zero-order valence-corrected chi connectivity index (χ0v) is 28.0. The van der Waals surface area contributed by atoms with Gasteiger partial charge in [0, 0.05) is 0 Å². The molecular formula is C39H46O6Si. The molecular weight excluding hydrogens is 593 g/mol. The van der Waals surface area contributed by atoms with Crippen LogP contribution >= 0.6 is 0 Å². The Morgan fingerprint density at radius 2 is 0.891 bits per heavy atom. The van der Waals surface area contributed by atoms with Gasteiger partial charge in [-0.3, -0.25) is 0 Å². The molecule has 4 aromatic carbocycles. The highest BCUT2D eigenvalue weighted by atomic mass is 28.3. The number of hydrogen-bond donors (Lipinski definition) is 2. The van der Waals surface area contributed by atoms with Gasteiger partial charge in [-0.25, -0.2) is 0 Å². The monoisotopic (exact) mass is 638 g/mol. The van der Waals surface area contributed by atoms with Gasteiger partial charge in [-0.05, 0) is 22.3 Å². The van der Waals surface area contributed by atoms with Gasteiger partial charge in [0.1, 0.15) is 38.6 Å². The Kier molecular flexibility index (Phi) is 14.2. The van der Waals surface area contributed by atoms with E-state index in [1.54, 1.807) is 0 Å². The molecule has 0 heterocycles. The molecule has 2 N–H and O–H groups in total. The Bertz CT molecular complexity index is 1450. The molecule has 0 fully saturated rings. The van der Waals surface area contributed by atoms with Crippen molar-refractivity contribution in [2.45, 2.75) is 76.6 Å². The van der Waals surface area contributed by atoms with Gasteiger partial charge in [-0.2, -0.15) is 0 Å². The Morgan fingerprint density at radius 3 is 1.30 bits per heavy atom. The molecule has 0 saturated heterocycles. The topological polar surface area (TPSA) is 77.4 Å². The van der Waals surface area contributed by atoms with Crippen molar-refractivity contribution < 1.29 is 29.2 Å². The van der Waals surface area contributed by atoms with Crippen molar-refractivity contribution in [3.05, 3.63) is 144 Å². The van der Waals surface area contributed by atoms with Crippen LogP contribution in [0.5, 0.6) is 0 Å². The summed E-state index contributed by atoms with van der Waals surface area (Å²) in [6, 6.07) is 39.1. The predicted octanol–water partition coefficient (Wildman–Crippen LogP) is 6.56. The van der Waals surface area contributed by atoms with E-state index in [4.69, 9.17) is 18.9 Å². The van der Waals surface area contributed by atoms with E-state index in [1.807, 2.05) is 121 Å². The van der Waals surface area contributed by atoms with Gasteiger partial charge in [0.05, 0.1) is 33.0 Å². The van der Waals surface area contributed by atoms with Crippen LogP contribution in [0.15, 0.2) is 121 Å². The Labute approximate surface area is 274 Å². The van der Waals surface area contributed by atoms with Gasteiger partial charge < -0.3 is 29.2 Å². The minimum Gasteiger partial charge on any atom is -0.388 e. The zero-order valence-electron chi connectivity index (χ0n) is 27.0. The van der Waals surface area contributed by atoms with Crippen LogP contribution in [-0.2, 0) is 45.4 Å². The predicted molar refractivity (Wildman–Crippen MR) is 184 cm³/mol. The zero-order chi connectivity index (χ0) is 32.6. The van der Waals surface area contributed by atoms with Gasteiger partial charge in [0.2, 0.25) is 0 Å². The SMILES string of the molecule is C[Si](C)(C)C#C[C@H](O)[C@H](OCc1ccccc1)[C@@H](OCc1ccccc1)[C@@H](OCc1ccccc1)[C@H](O)COCc1ccccc1. The third-order valence-electron chi connectivity index (χ3n) is 7.19. The van der Waals surface area contributed by atoms with Gasteiger partial charge in [-0.1, -0.05) is 147 Å². The fraction of sp³-hybridized carbons (Fsp3) is 0.333. The van der Waals surface area contributed by atoms with Crippen molar-refractivity contribution in [1.82, 2.24) is 0 Å². The average molecular weight is 639 g/mol. The highest BCUT2D eigenvalue weighted by Gasteiger charge is 2.40. The van der Waals surface area contributed by atoms with Crippen molar-refractivity contribution >= 4 is 8.07 Å². The van der Waals surface area contributed by atoms with Crippen molar-refractivity contribution in [1.29, 1.82) is 0 Å². The number of hydrogen-bond acceptors (Lipinski definition) is 6. The Morgan fingerprint density at radius 1 is 0.522 bits per heavy atom. The molecule has 0 bridgehead atoms. The summed E-state index contributed by atoms with van der Waals surface area (Å²) < 4.78 is 25.5. The highest BCUT2D eigenvalue weighted by Crippen LogP contribution is 2.24. The number of benzene rings is 4. The average Bonchev–Trinajstić information content (AvgIpc) is 3.07. The van der Waals surface area contributed by atoms with Crippen LogP contribution in [0.4, 0.5) is 0 Å². The molecule has 0 unspecified atom stereocenters. The van der Waals surface area contributed by atoms with Crippen LogP contribution in [0.1, 0.15) is 22.3 Å². The molecule has 0 aliphatic heterocycles. The standard InChI is InChI=1S/C39H46O6Si/c1-46(2,3)25-24-35(40)37(43-27-32-18-10-5-11-19-32)39(45-29-34-22-14-7-15-23-34)38(44-28-33-20-12-6-13-21-33)36(41)30-42-26-31-16-8-4-9-17-31/h4-23,35-41H,26-30H2,1-3H3/t35-,36+,37-,38-,39+/m0/s1.